The van der Waals surface area contributed by atoms with E-state index in [-0.39, 0.29) is 30.8 Å². The van der Waals surface area contributed by atoms with E-state index < -0.39 is 23.9 Å². The fraction of sp³-hybridized carbons (Fsp3) is 0.667. The number of β-amino-alcohol motifs (C(OH)–C–C–N with tert-alkyl or cyclic N) is 1. The summed E-state index contributed by atoms with van der Waals surface area (Å²) in [6.45, 7) is 1.78. The van der Waals surface area contributed by atoms with Crippen molar-refractivity contribution in [3.05, 3.63) is 29.8 Å². The first-order valence-corrected chi connectivity index (χ1v) is 8.91. The number of hydrogen-bond acceptors (Lipinski definition) is 5. The standard InChI is InChI=1S/C18H25F3N2O3/c19-18(20,21)14-3-1-2-4-15(14)22-6-5-12(8-22)9-23-10-17(26)16(25)7-13(23)11-24/h1-4,12-13,16-17,24-26H,5-11H2/t12?,13-,16?,17+/m1/s1. The number of para-hydroxylation sites is 1. The molecule has 2 aliphatic heterocycles. The van der Waals surface area contributed by atoms with Gasteiger partial charge in [-0.15, -0.1) is 0 Å². The minimum absolute atomic E-state index is 0.114. The number of rotatable bonds is 4. The molecule has 8 heteroatoms. The average Bonchev–Trinajstić information content (AvgIpc) is 3.05. The van der Waals surface area contributed by atoms with Crippen molar-refractivity contribution in [2.24, 2.45) is 5.92 Å². The van der Waals surface area contributed by atoms with Crippen molar-refractivity contribution >= 4 is 5.69 Å². The van der Waals surface area contributed by atoms with E-state index in [1.165, 1.54) is 12.1 Å². The lowest BCUT2D eigenvalue weighted by Crippen LogP contribution is -2.54. The molecule has 5 nitrogen and oxygen atoms in total. The highest BCUT2D eigenvalue weighted by molar-refractivity contribution is 5.55. The van der Waals surface area contributed by atoms with Crippen LogP contribution in [-0.4, -0.2) is 71.3 Å². The molecule has 2 saturated heterocycles. The van der Waals surface area contributed by atoms with Gasteiger partial charge in [0.25, 0.3) is 0 Å². The zero-order valence-corrected chi connectivity index (χ0v) is 14.4. The quantitative estimate of drug-likeness (QED) is 0.742. The smallest absolute Gasteiger partial charge is 0.395 e. The molecule has 2 heterocycles. The third-order valence-electron chi connectivity index (χ3n) is 5.44. The van der Waals surface area contributed by atoms with Crippen molar-refractivity contribution in [1.29, 1.82) is 0 Å². The van der Waals surface area contributed by atoms with Gasteiger partial charge in [0, 0.05) is 37.9 Å². The number of alkyl halides is 3. The molecule has 1 aromatic rings. The molecule has 0 saturated carbocycles. The number of aliphatic hydroxyl groups is 3. The summed E-state index contributed by atoms with van der Waals surface area (Å²) in [5.74, 6) is 0.146. The van der Waals surface area contributed by atoms with E-state index in [1.807, 2.05) is 4.90 Å². The third kappa shape index (κ3) is 4.14. The first kappa shape index (κ1) is 19.4. The molecule has 4 atom stereocenters. The van der Waals surface area contributed by atoms with Gasteiger partial charge < -0.3 is 20.2 Å². The van der Waals surface area contributed by atoms with Gasteiger partial charge >= 0.3 is 6.18 Å². The molecule has 3 N–H and O–H groups in total. The number of benzene rings is 1. The number of hydrogen-bond donors (Lipinski definition) is 3. The van der Waals surface area contributed by atoms with Gasteiger partial charge in [-0.2, -0.15) is 13.2 Å². The largest absolute Gasteiger partial charge is 0.418 e. The molecule has 2 aliphatic rings. The highest BCUT2D eigenvalue weighted by atomic mass is 19.4. The summed E-state index contributed by atoms with van der Waals surface area (Å²) in [7, 11) is 0. The normalized spacial score (nSPS) is 30.8. The monoisotopic (exact) mass is 374 g/mol. The van der Waals surface area contributed by atoms with E-state index >= 15 is 0 Å². The Balaban J connectivity index is 1.66. The van der Waals surface area contributed by atoms with Gasteiger partial charge in [-0.3, -0.25) is 4.90 Å². The minimum atomic E-state index is -4.39. The maximum Gasteiger partial charge on any atom is 0.418 e. The van der Waals surface area contributed by atoms with E-state index in [0.717, 1.165) is 12.5 Å². The molecule has 0 aliphatic carbocycles. The Kier molecular flexibility index (Phi) is 5.76. The highest BCUT2D eigenvalue weighted by Crippen LogP contribution is 2.38. The molecule has 146 valence electrons. The van der Waals surface area contributed by atoms with Gasteiger partial charge in [-0.05, 0) is 30.9 Å². The van der Waals surface area contributed by atoms with E-state index in [2.05, 4.69) is 0 Å². The summed E-state index contributed by atoms with van der Waals surface area (Å²) in [6, 6.07) is 5.38. The average molecular weight is 374 g/mol. The van der Waals surface area contributed by atoms with Crippen LogP contribution in [0.25, 0.3) is 0 Å². The summed E-state index contributed by atoms with van der Waals surface area (Å²) < 4.78 is 39.7. The first-order valence-electron chi connectivity index (χ1n) is 8.91. The molecule has 2 fully saturated rings. The number of nitrogens with zero attached hydrogens (tertiary/aromatic N) is 2. The Labute approximate surface area is 150 Å². The molecule has 0 bridgehead atoms. The summed E-state index contributed by atoms with van der Waals surface area (Å²) in [5.41, 5.74) is -0.416. The fourth-order valence-electron chi connectivity index (χ4n) is 4.03. The molecule has 0 aromatic heterocycles. The van der Waals surface area contributed by atoms with E-state index in [0.29, 0.717) is 26.1 Å². The van der Waals surface area contributed by atoms with Crippen LogP contribution in [-0.2, 0) is 6.18 Å². The molecule has 26 heavy (non-hydrogen) atoms. The Bertz CT molecular complexity index is 614. The molecule has 0 amide bonds. The van der Waals surface area contributed by atoms with Crippen LogP contribution in [0.15, 0.2) is 24.3 Å². The second kappa shape index (κ2) is 7.72. The van der Waals surface area contributed by atoms with Crippen molar-refractivity contribution in [3.63, 3.8) is 0 Å². The molecule has 2 unspecified atom stereocenters. The Hall–Kier alpha value is -1.35. The lowest BCUT2D eigenvalue weighted by atomic mass is 9.95. The van der Waals surface area contributed by atoms with Crippen molar-refractivity contribution < 1.29 is 28.5 Å². The number of halogens is 3. The number of anilines is 1. The van der Waals surface area contributed by atoms with E-state index in [1.54, 1.807) is 11.0 Å². The first-order chi connectivity index (χ1) is 12.3. The molecule has 0 radical (unpaired) electrons. The lowest BCUT2D eigenvalue weighted by molar-refractivity contribution is -0.137. The van der Waals surface area contributed by atoms with Crippen LogP contribution >= 0.6 is 0 Å². The summed E-state index contributed by atoms with van der Waals surface area (Å²) in [6.07, 6.45) is -5.04. The SMILES string of the molecule is OC[C@H]1CC(O)[C@@H](O)CN1CC1CCN(c2ccccc2C(F)(F)F)C1. The maximum absolute atomic E-state index is 13.2. The zero-order valence-electron chi connectivity index (χ0n) is 14.4. The van der Waals surface area contributed by atoms with Gasteiger partial charge in [0.1, 0.15) is 0 Å². The van der Waals surface area contributed by atoms with Gasteiger partial charge in [0.2, 0.25) is 0 Å². The van der Waals surface area contributed by atoms with Crippen LogP contribution in [0, 0.1) is 5.92 Å². The Morgan fingerprint density at radius 3 is 2.50 bits per heavy atom. The van der Waals surface area contributed by atoms with Gasteiger partial charge in [-0.25, -0.2) is 0 Å². The topological polar surface area (TPSA) is 67.2 Å². The lowest BCUT2D eigenvalue weighted by Gasteiger charge is -2.40. The molecule has 1 aromatic carbocycles. The van der Waals surface area contributed by atoms with Gasteiger partial charge in [0.05, 0.1) is 24.4 Å². The highest BCUT2D eigenvalue weighted by Gasteiger charge is 2.38. The summed E-state index contributed by atoms with van der Waals surface area (Å²) in [5, 5.41) is 29.2. The third-order valence-corrected chi connectivity index (χ3v) is 5.44. The molecular weight excluding hydrogens is 349 g/mol. The second-order valence-electron chi connectivity index (χ2n) is 7.28. The van der Waals surface area contributed by atoms with Crippen LogP contribution in [0.4, 0.5) is 18.9 Å². The number of piperidine rings is 1. The number of likely N-dealkylation sites (tertiary alicyclic amines) is 1. The number of aliphatic hydroxyl groups excluding tert-OH is 3. The second-order valence-corrected chi connectivity index (χ2v) is 7.28. The van der Waals surface area contributed by atoms with E-state index in [4.69, 9.17) is 0 Å². The minimum Gasteiger partial charge on any atom is -0.395 e. The van der Waals surface area contributed by atoms with Crippen LogP contribution in [0.5, 0.6) is 0 Å². The predicted molar refractivity (Wildman–Crippen MR) is 90.8 cm³/mol. The van der Waals surface area contributed by atoms with E-state index in [9.17, 15) is 28.5 Å². The van der Waals surface area contributed by atoms with Crippen LogP contribution in [0.2, 0.25) is 0 Å². The zero-order chi connectivity index (χ0) is 18.9. The predicted octanol–water partition coefficient (Wildman–Crippen LogP) is 1.32. The van der Waals surface area contributed by atoms with Crippen molar-refractivity contribution in [2.45, 2.75) is 37.3 Å². The van der Waals surface area contributed by atoms with Gasteiger partial charge in [0.15, 0.2) is 0 Å². The molecule has 3 rings (SSSR count). The Morgan fingerprint density at radius 2 is 1.81 bits per heavy atom. The summed E-state index contributed by atoms with van der Waals surface area (Å²) >= 11 is 0. The summed E-state index contributed by atoms with van der Waals surface area (Å²) in [4.78, 5) is 3.71. The Morgan fingerprint density at radius 1 is 1.08 bits per heavy atom. The van der Waals surface area contributed by atoms with Crippen LogP contribution < -0.4 is 4.90 Å². The maximum atomic E-state index is 13.2. The van der Waals surface area contributed by atoms with Crippen LogP contribution in [0.3, 0.4) is 0 Å². The molecular formula is C18H25F3N2O3. The van der Waals surface area contributed by atoms with Crippen LogP contribution in [0.1, 0.15) is 18.4 Å². The van der Waals surface area contributed by atoms with Gasteiger partial charge in [-0.1, -0.05) is 12.1 Å². The fourth-order valence-corrected chi connectivity index (χ4v) is 4.03. The van der Waals surface area contributed by atoms with Crippen molar-refractivity contribution in [2.75, 3.05) is 37.7 Å². The van der Waals surface area contributed by atoms with Crippen molar-refractivity contribution in [1.82, 2.24) is 4.90 Å². The van der Waals surface area contributed by atoms with Crippen molar-refractivity contribution in [3.8, 4) is 0 Å². The molecule has 0 spiro atoms.